The molecular weight excluding hydrogens is 362 g/mol. The summed E-state index contributed by atoms with van der Waals surface area (Å²) in [7, 11) is 1.61. The Hall–Kier alpha value is -2.34. The number of rotatable bonds is 6. The Labute approximate surface area is 163 Å². The number of esters is 1. The quantitative estimate of drug-likeness (QED) is 0.603. The highest BCUT2D eigenvalue weighted by atomic mass is 32.1. The predicted molar refractivity (Wildman–Crippen MR) is 105 cm³/mol. The van der Waals surface area contributed by atoms with Crippen LogP contribution in [0.4, 0.5) is 0 Å². The average molecular weight is 388 g/mol. The van der Waals surface area contributed by atoms with E-state index in [0.29, 0.717) is 11.4 Å². The van der Waals surface area contributed by atoms with Crippen molar-refractivity contribution in [3.63, 3.8) is 0 Å². The molecule has 1 heterocycles. The Morgan fingerprint density at radius 3 is 2.63 bits per heavy atom. The third kappa shape index (κ3) is 5.10. The monoisotopic (exact) mass is 387 g/mol. The van der Waals surface area contributed by atoms with Crippen LogP contribution in [0.1, 0.15) is 51.9 Å². The standard InChI is InChI=1S/C21H25NO4S/c1-14(20(23)22-13-15-8-10-17(25-2)11-9-15)26-21(24)19-12-16-6-4-3-5-7-18(16)27-19/h8-12,14H,3-7,13H2,1-2H3,(H,22,23)/t14-/m1/s1. The second kappa shape index (κ2) is 9.04. The molecule has 0 saturated carbocycles. The van der Waals surface area contributed by atoms with Crippen LogP contribution in [-0.2, 0) is 28.9 Å². The molecule has 0 saturated heterocycles. The highest BCUT2D eigenvalue weighted by molar-refractivity contribution is 7.14. The Balaban J connectivity index is 1.52. The molecule has 1 aromatic heterocycles. The lowest BCUT2D eigenvalue weighted by Crippen LogP contribution is -2.35. The van der Waals surface area contributed by atoms with Gasteiger partial charge in [0, 0.05) is 11.4 Å². The summed E-state index contributed by atoms with van der Waals surface area (Å²) in [5.74, 6) is 0.0409. The molecule has 1 aliphatic rings. The predicted octanol–water partition coefficient (Wildman–Crippen LogP) is 3.89. The van der Waals surface area contributed by atoms with Crippen molar-refractivity contribution < 1.29 is 19.1 Å². The number of nitrogens with one attached hydrogen (secondary N) is 1. The second-order valence-electron chi connectivity index (χ2n) is 6.73. The van der Waals surface area contributed by atoms with Gasteiger partial charge < -0.3 is 14.8 Å². The number of methoxy groups -OCH3 is 1. The molecular formula is C21H25NO4S. The SMILES string of the molecule is COc1ccc(CNC(=O)[C@@H](C)OC(=O)c2cc3c(s2)CCCCC3)cc1. The molecule has 0 aliphatic heterocycles. The maximum atomic E-state index is 12.4. The van der Waals surface area contributed by atoms with Crippen molar-refractivity contribution in [1.29, 1.82) is 0 Å². The summed E-state index contributed by atoms with van der Waals surface area (Å²) < 4.78 is 10.5. The summed E-state index contributed by atoms with van der Waals surface area (Å²) in [6.07, 6.45) is 4.81. The zero-order chi connectivity index (χ0) is 19.2. The Bertz CT molecular complexity index is 774. The number of aryl methyl sites for hydroxylation is 2. The molecule has 2 aromatic rings. The average Bonchev–Trinajstić information content (AvgIpc) is 2.97. The number of fused-ring (bicyclic) bond motifs is 1. The first-order chi connectivity index (χ1) is 13.1. The van der Waals surface area contributed by atoms with E-state index in [4.69, 9.17) is 9.47 Å². The van der Waals surface area contributed by atoms with Gasteiger partial charge in [0.25, 0.3) is 5.91 Å². The van der Waals surface area contributed by atoms with E-state index in [-0.39, 0.29) is 5.91 Å². The number of hydrogen-bond acceptors (Lipinski definition) is 5. The van der Waals surface area contributed by atoms with Crippen LogP contribution >= 0.6 is 11.3 Å². The van der Waals surface area contributed by atoms with Crippen LogP contribution in [0, 0.1) is 0 Å². The third-order valence-electron chi connectivity index (χ3n) is 4.73. The van der Waals surface area contributed by atoms with E-state index in [2.05, 4.69) is 5.32 Å². The summed E-state index contributed by atoms with van der Waals surface area (Å²) in [4.78, 5) is 26.5. The van der Waals surface area contributed by atoms with Crippen LogP contribution < -0.4 is 10.1 Å². The molecule has 1 atom stereocenters. The molecule has 0 radical (unpaired) electrons. The molecule has 5 nitrogen and oxygen atoms in total. The molecule has 0 spiro atoms. The zero-order valence-corrected chi connectivity index (χ0v) is 16.6. The van der Waals surface area contributed by atoms with Crippen molar-refractivity contribution in [1.82, 2.24) is 5.32 Å². The van der Waals surface area contributed by atoms with E-state index < -0.39 is 12.1 Å². The molecule has 1 N–H and O–H groups in total. The third-order valence-corrected chi connectivity index (χ3v) is 5.94. The summed E-state index contributed by atoms with van der Waals surface area (Å²) in [6.45, 7) is 1.97. The van der Waals surface area contributed by atoms with Gasteiger partial charge in [0.05, 0.1) is 7.11 Å². The van der Waals surface area contributed by atoms with Crippen LogP contribution in [-0.4, -0.2) is 25.1 Å². The van der Waals surface area contributed by atoms with Gasteiger partial charge in [-0.1, -0.05) is 18.6 Å². The topological polar surface area (TPSA) is 64.6 Å². The second-order valence-corrected chi connectivity index (χ2v) is 7.87. The number of carbonyl (C=O) groups is 2. The minimum Gasteiger partial charge on any atom is -0.497 e. The van der Waals surface area contributed by atoms with E-state index in [0.717, 1.165) is 24.2 Å². The van der Waals surface area contributed by atoms with Gasteiger partial charge in [-0.15, -0.1) is 11.3 Å². The lowest BCUT2D eigenvalue weighted by molar-refractivity contribution is -0.129. The van der Waals surface area contributed by atoms with Gasteiger partial charge in [0.1, 0.15) is 10.6 Å². The van der Waals surface area contributed by atoms with Gasteiger partial charge in [-0.3, -0.25) is 4.79 Å². The van der Waals surface area contributed by atoms with Crippen molar-refractivity contribution in [2.45, 2.75) is 51.7 Å². The van der Waals surface area contributed by atoms with Gasteiger partial charge in [0.15, 0.2) is 6.10 Å². The highest BCUT2D eigenvalue weighted by Gasteiger charge is 2.22. The van der Waals surface area contributed by atoms with Gasteiger partial charge in [-0.2, -0.15) is 0 Å². The fourth-order valence-electron chi connectivity index (χ4n) is 3.12. The van der Waals surface area contributed by atoms with Gasteiger partial charge in [0.2, 0.25) is 0 Å². The van der Waals surface area contributed by atoms with E-state index >= 15 is 0 Å². The molecule has 3 rings (SSSR count). The fourth-order valence-corrected chi connectivity index (χ4v) is 4.25. The van der Waals surface area contributed by atoms with Crippen LogP contribution in [0.3, 0.4) is 0 Å². The molecule has 144 valence electrons. The molecule has 1 aromatic carbocycles. The number of ether oxygens (including phenoxy) is 2. The first-order valence-electron chi connectivity index (χ1n) is 9.30. The lowest BCUT2D eigenvalue weighted by atomic mass is 10.1. The summed E-state index contributed by atoms with van der Waals surface area (Å²) in [5.41, 5.74) is 2.21. The number of benzene rings is 1. The molecule has 0 unspecified atom stereocenters. The first kappa shape index (κ1) is 19.4. The normalized spacial score (nSPS) is 14.6. The molecule has 0 bridgehead atoms. The highest BCUT2D eigenvalue weighted by Crippen LogP contribution is 2.29. The van der Waals surface area contributed by atoms with Crippen molar-refractivity contribution in [3.8, 4) is 5.75 Å². The first-order valence-corrected chi connectivity index (χ1v) is 10.1. The number of hydrogen-bond donors (Lipinski definition) is 1. The number of carbonyl (C=O) groups excluding carboxylic acids is 2. The van der Waals surface area contributed by atoms with Crippen molar-refractivity contribution in [2.75, 3.05) is 7.11 Å². The largest absolute Gasteiger partial charge is 0.497 e. The van der Waals surface area contributed by atoms with Crippen molar-refractivity contribution in [2.24, 2.45) is 0 Å². The Kier molecular flexibility index (Phi) is 6.50. The summed E-state index contributed by atoms with van der Waals surface area (Å²) in [6, 6.07) is 9.39. The number of thiophene rings is 1. The minimum absolute atomic E-state index is 0.308. The summed E-state index contributed by atoms with van der Waals surface area (Å²) in [5, 5.41) is 2.80. The van der Waals surface area contributed by atoms with E-state index in [9.17, 15) is 9.59 Å². The Morgan fingerprint density at radius 2 is 1.89 bits per heavy atom. The van der Waals surface area contributed by atoms with Crippen molar-refractivity contribution in [3.05, 3.63) is 51.2 Å². The molecule has 6 heteroatoms. The minimum atomic E-state index is -0.836. The van der Waals surface area contributed by atoms with Gasteiger partial charge in [-0.05, 0) is 61.9 Å². The number of amides is 1. The van der Waals surface area contributed by atoms with Crippen LogP contribution in [0.25, 0.3) is 0 Å². The Morgan fingerprint density at radius 1 is 1.15 bits per heavy atom. The molecule has 1 aliphatic carbocycles. The van der Waals surface area contributed by atoms with E-state index in [1.165, 1.54) is 41.0 Å². The maximum Gasteiger partial charge on any atom is 0.349 e. The maximum absolute atomic E-state index is 12.4. The lowest BCUT2D eigenvalue weighted by Gasteiger charge is -2.13. The van der Waals surface area contributed by atoms with Crippen LogP contribution in [0.2, 0.25) is 0 Å². The van der Waals surface area contributed by atoms with E-state index in [1.54, 1.807) is 14.0 Å². The van der Waals surface area contributed by atoms with Gasteiger partial charge >= 0.3 is 5.97 Å². The zero-order valence-electron chi connectivity index (χ0n) is 15.7. The van der Waals surface area contributed by atoms with Gasteiger partial charge in [-0.25, -0.2) is 4.79 Å². The van der Waals surface area contributed by atoms with Crippen LogP contribution in [0.5, 0.6) is 5.75 Å². The molecule has 27 heavy (non-hydrogen) atoms. The fraction of sp³-hybridized carbons (Fsp3) is 0.429. The summed E-state index contributed by atoms with van der Waals surface area (Å²) >= 11 is 1.51. The van der Waals surface area contributed by atoms with E-state index in [1.807, 2.05) is 30.3 Å². The van der Waals surface area contributed by atoms with Crippen LogP contribution in [0.15, 0.2) is 30.3 Å². The molecule has 0 fully saturated rings. The smallest absolute Gasteiger partial charge is 0.349 e. The van der Waals surface area contributed by atoms with Crippen molar-refractivity contribution >= 4 is 23.2 Å². The molecule has 1 amide bonds.